The molecule has 0 radical (unpaired) electrons. The monoisotopic (exact) mass is 196 g/mol. The number of rotatable bonds is 0. The minimum atomic E-state index is 0.935. The number of nitrogens with zero attached hydrogens (tertiary/aromatic N) is 2. The predicted molar refractivity (Wildman–Crippen MR) is 63.8 cm³/mol. The summed E-state index contributed by atoms with van der Waals surface area (Å²) in [6, 6.07) is 8.25. The van der Waals surface area contributed by atoms with Crippen LogP contribution in [0, 0.1) is 0 Å². The van der Waals surface area contributed by atoms with Gasteiger partial charge in [0.15, 0.2) is 0 Å². The molecule has 0 aromatic heterocycles. The lowest BCUT2D eigenvalue weighted by Gasteiger charge is -2.30. The van der Waals surface area contributed by atoms with Crippen molar-refractivity contribution in [3.05, 3.63) is 48.2 Å². The number of hydrogen-bond acceptors (Lipinski definition) is 2. The maximum absolute atomic E-state index is 4.67. The molecule has 1 heterocycles. The Morgan fingerprint density at radius 3 is 3.07 bits per heavy atom. The second kappa shape index (κ2) is 3.09. The Morgan fingerprint density at radius 1 is 1.27 bits per heavy atom. The SMILES string of the molecule is CN1C2=CC=CCC2=Nc2ccccc21. The molecule has 0 bridgehead atoms. The molecule has 2 heteroatoms. The van der Waals surface area contributed by atoms with Gasteiger partial charge in [-0.25, -0.2) is 4.99 Å². The van der Waals surface area contributed by atoms with Gasteiger partial charge < -0.3 is 4.90 Å². The van der Waals surface area contributed by atoms with Crippen molar-refractivity contribution in [1.82, 2.24) is 0 Å². The van der Waals surface area contributed by atoms with E-state index in [9.17, 15) is 0 Å². The molecule has 1 aromatic rings. The minimum absolute atomic E-state index is 0.935. The third-order valence-corrected chi connectivity index (χ3v) is 2.86. The third-order valence-electron chi connectivity index (χ3n) is 2.86. The van der Waals surface area contributed by atoms with Crippen LogP contribution >= 0.6 is 0 Å². The van der Waals surface area contributed by atoms with Gasteiger partial charge in [-0.1, -0.05) is 24.3 Å². The molecule has 0 amide bonds. The summed E-state index contributed by atoms with van der Waals surface area (Å²) in [7, 11) is 2.10. The maximum atomic E-state index is 4.67. The number of anilines is 1. The number of hydrogen-bond donors (Lipinski definition) is 0. The zero-order valence-electron chi connectivity index (χ0n) is 8.64. The largest absolute Gasteiger partial charge is 0.341 e. The summed E-state index contributed by atoms with van der Waals surface area (Å²) in [5, 5.41) is 0. The highest BCUT2D eigenvalue weighted by Gasteiger charge is 2.21. The standard InChI is InChI=1S/C13H12N2/c1-15-12-8-4-2-6-10(12)14-11-7-3-5-9-13(11)15/h2-6,8-9H,7H2,1H3. The fourth-order valence-corrected chi connectivity index (χ4v) is 2.07. The maximum Gasteiger partial charge on any atom is 0.0870 e. The van der Waals surface area contributed by atoms with E-state index < -0.39 is 0 Å². The van der Waals surface area contributed by atoms with E-state index in [2.05, 4.69) is 53.4 Å². The summed E-state index contributed by atoms with van der Waals surface area (Å²) in [4.78, 5) is 6.88. The first-order valence-corrected chi connectivity index (χ1v) is 5.14. The van der Waals surface area contributed by atoms with Gasteiger partial charge in [-0.15, -0.1) is 0 Å². The molecule has 0 spiro atoms. The molecule has 2 aliphatic rings. The van der Waals surface area contributed by atoms with Crippen LogP contribution in [-0.2, 0) is 0 Å². The Hall–Kier alpha value is -1.83. The molecule has 15 heavy (non-hydrogen) atoms. The molecule has 3 rings (SSSR count). The topological polar surface area (TPSA) is 15.6 Å². The predicted octanol–water partition coefficient (Wildman–Crippen LogP) is 3.05. The van der Waals surface area contributed by atoms with E-state index in [0.29, 0.717) is 0 Å². The van der Waals surface area contributed by atoms with Crippen molar-refractivity contribution in [2.45, 2.75) is 6.42 Å². The quantitative estimate of drug-likeness (QED) is 0.622. The van der Waals surface area contributed by atoms with Crippen LogP contribution in [0.15, 0.2) is 53.2 Å². The normalized spacial score (nSPS) is 17.8. The van der Waals surface area contributed by atoms with E-state index >= 15 is 0 Å². The van der Waals surface area contributed by atoms with Crippen LogP contribution in [0.5, 0.6) is 0 Å². The molecule has 0 saturated carbocycles. The van der Waals surface area contributed by atoms with Gasteiger partial charge in [0.1, 0.15) is 0 Å². The van der Waals surface area contributed by atoms with Gasteiger partial charge in [-0.05, 0) is 18.2 Å². The minimum Gasteiger partial charge on any atom is -0.341 e. The summed E-state index contributed by atoms with van der Waals surface area (Å²) in [6.07, 6.45) is 7.30. The molecule has 0 fully saturated rings. The van der Waals surface area contributed by atoms with Crippen molar-refractivity contribution in [3.8, 4) is 0 Å². The number of allylic oxidation sites excluding steroid dienone is 4. The van der Waals surface area contributed by atoms with Crippen LogP contribution in [0.3, 0.4) is 0 Å². The van der Waals surface area contributed by atoms with Crippen molar-refractivity contribution in [2.75, 3.05) is 11.9 Å². The van der Waals surface area contributed by atoms with E-state index in [1.54, 1.807) is 0 Å². The van der Waals surface area contributed by atoms with Crippen molar-refractivity contribution in [3.63, 3.8) is 0 Å². The smallest absolute Gasteiger partial charge is 0.0870 e. The lowest BCUT2D eigenvalue weighted by Crippen LogP contribution is -2.26. The molecule has 1 aliphatic carbocycles. The van der Waals surface area contributed by atoms with Gasteiger partial charge in [0.25, 0.3) is 0 Å². The van der Waals surface area contributed by atoms with Crippen molar-refractivity contribution in [1.29, 1.82) is 0 Å². The van der Waals surface area contributed by atoms with Gasteiger partial charge in [0.05, 0.1) is 22.8 Å². The second-order valence-electron chi connectivity index (χ2n) is 3.79. The zero-order valence-corrected chi connectivity index (χ0v) is 8.64. The highest BCUT2D eigenvalue weighted by molar-refractivity contribution is 6.09. The molecule has 1 aliphatic heterocycles. The summed E-state index contributed by atoms with van der Waals surface area (Å²) in [6.45, 7) is 0. The van der Waals surface area contributed by atoms with Crippen LogP contribution in [0.25, 0.3) is 0 Å². The number of para-hydroxylation sites is 2. The highest BCUT2D eigenvalue weighted by Crippen LogP contribution is 2.36. The Balaban J connectivity index is 2.21. The van der Waals surface area contributed by atoms with Crippen molar-refractivity contribution >= 4 is 17.1 Å². The van der Waals surface area contributed by atoms with E-state index in [4.69, 9.17) is 0 Å². The van der Waals surface area contributed by atoms with Gasteiger partial charge in [-0.2, -0.15) is 0 Å². The van der Waals surface area contributed by atoms with Crippen molar-refractivity contribution in [2.24, 2.45) is 4.99 Å². The van der Waals surface area contributed by atoms with Crippen LogP contribution in [-0.4, -0.2) is 12.8 Å². The molecule has 74 valence electrons. The summed E-state index contributed by atoms with van der Waals surface area (Å²) >= 11 is 0. The number of benzene rings is 1. The summed E-state index contributed by atoms with van der Waals surface area (Å²) in [5.41, 5.74) is 4.64. The average molecular weight is 196 g/mol. The molecule has 1 aromatic carbocycles. The van der Waals surface area contributed by atoms with Gasteiger partial charge >= 0.3 is 0 Å². The summed E-state index contributed by atoms with van der Waals surface area (Å²) < 4.78 is 0. The second-order valence-corrected chi connectivity index (χ2v) is 3.79. The first-order valence-electron chi connectivity index (χ1n) is 5.14. The fraction of sp³-hybridized carbons (Fsp3) is 0.154. The summed E-state index contributed by atoms with van der Waals surface area (Å²) in [5.74, 6) is 0. The number of aliphatic imine (C=N–C) groups is 1. The lowest BCUT2D eigenvalue weighted by molar-refractivity contribution is 1.10. The van der Waals surface area contributed by atoms with Crippen LogP contribution in [0.1, 0.15) is 6.42 Å². The van der Waals surface area contributed by atoms with Gasteiger partial charge in [-0.3, -0.25) is 0 Å². The molecule has 0 saturated heterocycles. The molecule has 2 nitrogen and oxygen atoms in total. The molecule has 0 atom stereocenters. The Bertz CT molecular complexity index is 495. The Labute approximate surface area is 89.3 Å². The zero-order chi connectivity index (χ0) is 10.3. The first-order chi connectivity index (χ1) is 7.36. The van der Waals surface area contributed by atoms with Crippen LogP contribution in [0.4, 0.5) is 11.4 Å². The van der Waals surface area contributed by atoms with Crippen LogP contribution < -0.4 is 4.90 Å². The number of fused-ring (bicyclic) bond motifs is 2. The third kappa shape index (κ3) is 1.22. The Morgan fingerprint density at radius 2 is 2.13 bits per heavy atom. The molecule has 0 unspecified atom stereocenters. The molecule has 0 N–H and O–H groups in total. The van der Waals surface area contributed by atoms with Gasteiger partial charge in [0.2, 0.25) is 0 Å². The fourth-order valence-electron chi connectivity index (χ4n) is 2.07. The van der Waals surface area contributed by atoms with E-state index in [1.165, 1.54) is 17.1 Å². The van der Waals surface area contributed by atoms with E-state index in [0.717, 1.165) is 12.1 Å². The molecular formula is C13H12N2. The lowest BCUT2D eigenvalue weighted by atomic mass is 10.0. The first kappa shape index (κ1) is 8.48. The molecular weight excluding hydrogens is 184 g/mol. The van der Waals surface area contributed by atoms with E-state index in [-0.39, 0.29) is 0 Å². The average Bonchev–Trinajstić information content (AvgIpc) is 2.30. The Kier molecular flexibility index (Phi) is 1.75. The van der Waals surface area contributed by atoms with Gasteiger partial charge in [0, 0.05) is 13.5 Å². The van der Waals surface area contributed by atoms with Crippen LogP contribution in [0.2, 0.25) is 0 Å². The van der Waals surface area contributed by atoms with Crippen molar-refractivity contribution < 1.29 is 0 Å². The van der Waals surface area contributed by atoms with E-state index in [1.807, 2.05) is 6.07 Å². The highest BCUT2D eigenvalue weighted by atomic mass is 15.2.